The number of rotatable bonds is 5. The maximum Gasteiger partial charge on any atom is 0.220 e. The third-order valence-electron chi connectivity index (χ3n) is 4.12. The van der Waals surface area contributed by atoms with Gasteiger partial charge in [-0.05, 0) is 42.9 Å². The number of benzene rings is 1. The first-order valence-electron chi connectivity index (χ1n) is 7.78. The molecule has 1 aromatic rings. The van der Waals surface area contributed by atoms with Crippen LogP contribution in [0.4, 0.5) is 0 Å². The minimum atomic E-state index is 0.190. The van der Waals surface area contributed by atoms with E-state index in [-0.39, 0.29) is 11.7 Å². The van der Waals surface area contributed by atoms with E-state index in [0.29, 0.717) is 18.9 Å². The minimum Gasteiger partial charge on any atom is -0.508 e. The number of nitrogens with one attached hydrogen (secondary N) is 1. The largest absolute Gasteiger partial charge is 0.508 e. The monoisotopic (exact) mass is 275 g/mol. The number of hydrogen-bond acceptors (Lipinski definition) is 2. The lowest BCUT2D eigenvalue weighted by Crippen LogP contribution is -2.27. The Labute approximate surface area is 121 Å². The number of carbonyl (C=O) groups excluding carboxylic acids is 1. The number of aromatic hydroxyl groups is 1. The molecule has 0 saturated heterocycles. The van der Waals surface area contributed by atoms with Crippen LogP contribution in [-0.2, 0) is 11.2 Å². The van der Waals surface area contributed by atoms with E-state index in [1.54, 1.807) is 12.1 Å². The van der Waals surface area contributed by atoms with Crippen molar-refractivity contribution in [3.63, 3.8) is 0 Å². The van der Waals surface area contributed by atoms with E-state index in [9.17, 15) is 9.90 Å². The molecule has 0 unspecified atom stereocenters. The van der Waals surface area contributed by atoms with Crippen LogP contribution < -0.4 is 5.32 Å². The zero-order valence-corrected chi connectivity index (χ0v) is 12.1. The van der Waals surface area contributed by atoms with Gasteiger partial charge in [-0.25, -0.2) is 0 Å². The van der Waals surface area contributed by atoms with Gasteiger partial charge in [0.25, 0.3) is 0 Å². The van der Waals surface area contributed by atoms with Gasteiger partial charge in [-0.3, -0.25) is 4.79 Å². The number of carbonyl (C=O) groups is 1. The van der Waals surface area contributed by atoms with Crippen LogP contribution in [0.15, 0.2) is 24.3 Å². The number of phenols is 1. The Hall–Kier alpha value is -1.51. The predicted molar refractivity (Wildman–Crippen MR) is 80.6 cm³/mol. The standard InChI is InChI=1S/C17H25NO2/c19-16-9-7-14(8-10-16)11-12-18-17(20)13-15-5-3-1-2-4-6-15/h7-10,15,19H,1-6,11-13H2,(H,18,20). The molecule has 3 nitrogen and oxygen atoms in total. The molecular formula is C17H25NO2. The number of amides is 1. The molecule has 2 N–H and O–H groups in total. The van der Waals surface area contributed by atoms with Crippen LogP contribution in [0.3, 0.4) is 0 Å². The van der Waals surface area contributed by atoms with Gasteiger partial charge in [0.15, 0.2) is 0 Å². The number of hydrogen-bond donors (Lipinski definition) is 2. The van der Waals surface area contributed by atoms with Crippen molar-refractivity contribution in [1.29, 1.82) is 0 Å². The Morgan fingerprint density at radius 2 is 1.75 bits per heavy atom. The topological polar surface area (TPSA) is 49.3 Å². The Kier molecular flexibility index (Phi) is 5.90. The van der Waals surface area contributed by atoms with Gasteiger partial charge >= 0.3 is 0 Å². The summed E-state index contributed by atoms with van der Waals surface area (Å²) in [6.07, 6.45) is 9.16. The zero-order valence-electron chi connectivity index (χ0n) is 12.1. The fourth-order valence-electron chi connectivity index (χ4n) is 2.91. The van der Waals surface area contributed by atoms with Crippen molar-refractivity contribution in [3.8, 4) is 5.75 Å². The van der Waals surface area contributed by atoms with Crippen LogP contribution in [-0.4, -0.2) is 17.6 Å². The highest BCUT2D eigenvalue weighted by Crippen LogP contribution is 2.25. The highest BCUT2D eigenvalue weighted by atomic mass is 16.3. The van der Waals surface area contributed by atoms with Gasteiger partial charge in [-0.2, -0.15) is 0 Å². The summed E-state index contributed by atoms with van der Waals surface area (Å²) < 4.78 is 0. The van der Waals surface area contributed by atoms with Gasteiger partial charge in [-0.1, -0.05) is 37.8 Å². The summed E-state index contributed by atoms with van der Waals surface area (Å²) in [6, 6.07) is 7.16. The van der Waals surface area contributed by atoms with E-state index in [4.69, 9.17) is 0 Å². The first-order chi connectivity index (χ1) is 9.74. The van der Waals surface area contributed by atoms with Crippen molar-refractivity contribution in [1.82, 2.24) is 5.32 Å². The van der Waals surface area contributed by atoms with Crippen LogP contribution in [0.1, 0.15) is 50.5 Å². The van der Waals surface area contributed by atoms with Crippen LogP contribution in [0.25, 0.3) is 0 Å². The molecule has 0 aromatic heterocycles. The smallest absolute Gasteiger partial charge is 0.220 e. The van der Waals surface area contributed by atoms with E-state index in [1.165, 1.54) is 38.5 Å². The molecule has 110 valence electrons. The number of phenolic OH excluding ortho intramolecular Hbond substituents is 1. The Morgan fingerprint density at radius 3 is 2.40 bits per heavy atom. The summed E-state index contributed by atoms with van der Waals surface area (Å²) in [5.41, 5.74) is 1.14. The van der Waals surface area contributed by atoms with Crippen molar-refractivity contribution >= 4 is 5.91 Å². The third kappa shape index (κ3) is 5.24. The van der Waals surface area contributed by atoms with E-state index >= 15 is 0 Å². The van der Waals surface area contributed by atoms with Gasteiger partial charge < -0.3 is 10.4 Å². The summed E-state index contributed by atoms with van der Waals surface area (Å²) >= 11 is 0. The summed E-state index contributed by atoms with van der Waals surface area (Å²) in [4.78, 5) is 11.9. The average Bonchev–Trinajstić information content (AvgIpc) is 2.70. The predicted octanol–water partition coefficient (Wildman–Crippen LogP) is 3.41. The molecule has 0 atom stereocenters. The van der Waals surface area contributed by atoms with E-state index in [0.717, 1.165) is 12.0 Å². The second kappa shape index (κ2) is 7.93. The fourth-order valence-corrected chi connectivity index (χ4v) is 2.91. The zero-order chi connectivity index (χ0) is 14.2. The summed E-state index contributed by atoms with van der Waals surface area (Å²) in [7, 11) is 0. The first-order valence-corrected chi connectivity index (χ1v) is 7.78. The quantitative estimate of drug-likeness (QED) is 0.809. The van der Waals surface area contributed by atoms with Gasteiger partial charge in [0.05, 0.1) is 0 Å². The molecule has 0 bridgehead atoms. The van der Waals surface area contributed by atoms with Crippen LogP contribution in [0, 0.1) is 5.92 Å². The SMILES string of the molecule is O=C(CC1CCCCCC1)NCCc1ccc(O)cc1. The Balaban J connectivity index is 1.65. The second-order valence-electron chi connectivity index (χ2n) is 5.83. The molecule has 1 amide bonds. The van der Waals surface area contributed by atoms with Crippen molar-refractivity contribution in [2.45, 2.75) is 51.4 Å². The third-order valence-corrected chi connectivity index (χ3v) is 4.12. The maximum atomic E-state index is 11.9. The molecule has 0 spiro atoms. The van der Waals surface area contributed by atoms with Crippen molar-refractivity contribution in [3.05, 3.63) is 29.8 Å². The molecule has 0 radical (unpaired) electrons. The summed E-state index contributed by atoms with van der Waals surface area (Å²) in [5, 5.41) is 12.2. The van der Waals surface area contributed by atoms with Crippen molar-refractivity contribution in [2.24, 2.45) is 5.92 Å². The Bertz CT molecular complexity index is 406. The molecule has 1 saturated carbocycles. The van der Waals surface area contributed by atoms with Crippen LogP contribution >= 0.6 is 0 Å². The Morgan fingerprint density at radius 1 is 1.10 bits per heavy atom. The highest BCUT2D eigenvalue weighted by molar-refractivity contribution is 5.76. The highest BCUT2D eigenvalue weighted by Gasteiger charge is 2.15. The maximum absolute atomic E-state index is 11.9. The molecule has 0 aliphatic heterocycles. The van der Waals surface area contributed by atoms with Gasteiger partial charge in [0.2, 0.25) is 5.91 Å². The van der Waals surface area contributed by atoms with Crippen LogP contribution in [0.2, 0.25) is 0 Å². The summed E-state index contributed by atoms with van der Waals surface area (Å²) in [6.45, 7) is 0.677. The van der Waals surface area contributed by atoms with E-state index < -0.39 is 0 Å². The fraction of sp³-hybridized carbons (Fsp3) is 0.588. The molecule has 3 heteroatoms. The van der Waals surface area contributed by atoms with Crippen molar-refractivity contribution in [2.75, 3.05) is 6.54 Å². The minimum absolute atomic E-state index is 0.190. The molecule has 1 fully saturated rings. The van der Waals surface area contributed by atoms with Gasteiger partial charge in [-0.15, -0.1) is 0 Å². The molecule has 2 rings (SSSR count). The lowest BCUT2D eigenvalue weighted by Gasteiger charge is -2.13. The molecule has 1 aliphatic rings. The van der Waals surface area contributed by atoms with Gasteiger partial charge in [0.1, 0.15) is 5.75 Å². The molecule has 1 aliphatic carbocycles. The van der Waals surface area contributed by atoms with E-state index in [1.807, 2.05) is 12.1 Å². The molecule has 0 heterocycles. The second-order valence-corrected chi connectivity index (χ2v) is 5.83. The lowest BCUT2D eigenvalue weighted by molar-refractivity contribution is -0.122. The molecular weight excluding hydrogens is 250 g/mol. The van der Waals surface area contributed by atoms with E-state index in [2.05, 4.69) is 5.32 Å². The summed E-state index contributed by atoms with van der Waals surface area (Å²) in [5.74, 6) is 1.06. The van der Waals surface area contributed by atoms with Crippen LogP contribution in [0.5, 0.6) is 5.75 Å². The van der Waals surface area contributed by atoms with Crippen molar-refractivity contribution < 1.29 is 9.90 Å². The molecule has 20 heavy (non-hydrogen) atoms. The molecule has 1 aromatic carbocycles. The first kappa shape index (κ1) is 14.9. The van der Waals surface area contributed by atoms with Gasteiger partial charge in [0, 0.05) is 13.0 Å². The average molecular weight is 275 g/mol. The lowest BCUT2D eigenvalue weighted by atomic mass is 9.96. The normalized spacial score (nSPS) is 16.6.